The third-order valence-electron chi connectivity index (χ3n) is 2.42. The Morgan fingerprint density at radius 3 is 2.60 bits per heavy atom. The molecular weight excluding hydrogens is 196 g/mol. The third kappa shape index (κ3) is 1.52. The second-order valence-electron chi connectivity index (χ2n) is 3.37. The molecular formula is C10H10N2O3. The van der Waals surface area contributed by atoms with Crippen molar-refractivity contribution in [1.29, 1.82) is 0 Å². The van der Waals surface area contributed by atoms with Crippen molar-refractivity contribution in [2.45, 2.75) is 6.42 Å². The second-order valence-corrected chi connectivity index (χ2v) is 3.37. The van der Waals surface area contributed by atoms with Crippen molar-refractivity contribution in [1.82, 2.24) is 0 Å². The topological polar surface area (TPSA) is 83.6 Å². The molecule has 1 aliphatic heterocycles. The van der Waals surface area contributed by atoms with Crippen molar-refractivity contribution >= 4 is 23.3 Å². The van der Waals surface area contributed by atoms with E-state index in [1.54, 1.807) is 11.0 Å². The van der Waals surface area contributed by atoms with Gasteiger partial charge in [0, 0.05) is 13.0 Å². The first-order chi connectivity index (χ1) is 7.09. The van der Waals surface area contributed by atoms with Gasteiger partial charge in [0.05, 0.1) is 16.9 Å². The zero-order chi connectivity index (χ0) is 11.0. The zero-order valence-corrected chi connectivity index (χ0v) is 7.93. The molecule has 0 atom stereocenters. The number of benzene rings is 1. The first kappa shape index (κ1) is 9.51. The molecule has 5 nitrogen and oxygen atoms in total. The van der Waals surface area contributed by atoms with E-state index >= 15 is 0 Å². The molecule has 3 N–H and O–H groups in total. The Kier molecular flexibility index (Phi) is 2.07. The smallest absolute Gasteiger partial charge is 0.335 e. The lowest BCUT2D eigenvalue weighted by Gasteiger charge is -2.31. The lowest BCUT2D eigenvalue weighted by molar-refractivity contribution is -0.122. The van der Waals surface area contributed by atoms with Gasteiger partial charge in [-0.3, -0.25) is 4.79 Å². The number of carboxylic acid groups (broad SMARTS) is 1. The molecule has 2 rings (SSSR count). The quantitative estimate of drug-likeness (QED) is 0.551. The van der Waals surface area contributed by atoms with E-state index in [1.807, 2.05) is 0 Å². The van der Waals surface area contributed by atoms with Crippen molar-refractivity contribution in [3.8, 4) is 0 Å². The van der Waals surface area contributed by atoms with E-state index in [0.717, 1.165) is 0 Å². The fourth-order valence-electron chi connectivity index (χ4n) is 1.50. The number of nitrogen functional groups attached to an aromatic ring is 1. The molecule has 0 unspecified atom stereocenters. The molecule has 5 heteroatoms. The fraction of sp³-hybridized carbons (Fsp3) is 0.200. The molecule has 0 aromatic heterocycles. The number of rotatable bonds is 2. The Balaban J connectivity index is 2.34. The predicted molar refractivity (Wildman–Crippen MR) is 54.8 cm³/mol. The number of carbonyl (C=O) groups excluding carboxylic acids is 1. The Morgan fingerprint density at radius 1 is 1.47 bits per heavy atom. The first-order valence-corrected chi connectivity index (χ1v) is 4.53. The number of aromatic carboxylic acids is 1. The van der Waals surface area contributed by atoms with Crippen LogP contribution in [0.25, 0.3) is 0 Å². The van der Waals surface area contributed by atoms with Gasteiger partial charge in [-0.2, -0.15) is 0 Å². The fourth-order valence-corrected chi connectivity index (χ4v) is 1.50. The summed E-state index contributed by atoms with van der Waals surface area (Å²) in [4.78, 5) is 23.3. The molecule has 78 valence electrons. The van der Waals surface area contributed by atoms with Crippen LogP contribution in [0.15, 0.2) is 18.2 Å². The van der Waals surface area contributed by atoms with Crippen LogP contribution in [-0.2, 0) is 4.79 Å². The highest BCUT2D eigenvalue weighted by Gasteiger charge is 2.26. The van der Waals surface area contributed by atoms with E-state index in [4.69, 9.17) is 10.8 Å². The van der Waals surface area contributed by atoms with Gasteiger partial charge in [-0.15, -0.1) is 0 Å². The van der Waals surface area contributed by atoms with Crippen LogP contribution in [0.5, 0.6) is 0 Å². The van der Waals surface area contributed by atoms with Gasteiger partial charge in [0.2, 0.25) is 5.91 Å². The van der Waals surface area contributed by atoms with Crippen molar-refractivity contribution in [3.05, 3.63) is 23.8 Å². The Labute approximate surface area is 86.1 Å². The van der Waals surface area contributed by atoms with E-state index in [0.29, 0.717) is 24.3 Å². The van der Waals surface area contributed by atoms with Gasteiger partial charge in [0.1, 0.15) is 0 Å². The number of carbonyl (C=O) groups is 2. The average Bonchev–Trinajstić information content (AvgIpc) is 2.18. The number of hydrogen-bond acceptors (Lipinski definition) is 3. The summed E-state index contributed by atoms with van der Waals surface area (Å²) in [6.45, 7) is 0.648. The molecule has 1 heterocycles. The molecule has 1 saturated heterocycles. The summed E-state index contributed by atoms with van der Waals surface area (Å²) in [5.74, 6) is -1.01. The minimum Gasteiger partial charge on any atom is -0.478 e. The summed E-state index contributed by atoms with van der Waals surface area (Å²) in [5.41, 5.74) is 6.72. The van der Waals surface area contributed by atoms with E-state index in [1.165, 1.54) is 12.1 Å². The zero-order valence-electron chi connectivity index (χ0n) is 7.93. The average molecular weight is 206 g/mol. The number of hydrogen-bond donors (Lipinski definition) is 2. The standard InChI is InChI=1S/C10H10N2O3/c11-7-5-6(10(14)15)1-2-8(7)12-4-3-9(12)13/h1-2,5H,3-4,11H2,(H,14,15). The van der Waals surface area contributed by atoms with Crippen LogP contribution < -0.4 is 10.6 Å². The van der Waals surface area contributed by atoms with Crippen LogP contribution in [0.1, 0.15) is 16.8 Å². The minimum atomic E-state index is -1.02. The molecule has 1 amide bonds. The van der Waals surface area contributed by atoms with Crippen LogP contribution in [0, 0.1) is 0 Å². The van der Waals surface area contributed by atoms with Crippen LogP contribution in [0.3, 0.4) is 0 Å². The number of carboxylic acids is 1. The molecule has 1 aromatic rings. The van der Waals surface area contributed by atoms with Gasteiger partial charge in [-0.05, 0) is 18.2 Å². The van der Waals surface area contributed by atoms with E-state index in [-0.39, 0.29) is 11.5 Å². The van der Waals surface area contributed by atoms with Gasteiger partial charge < -0.3 is 15.7 Å². The number of nitrogens with zero attached hydrogens (tertiary/aromatic N) is 1. The van der Waals surface area contributed by atoms with Gasteiger partial charge in [-0.1, -0.05) is 0 Å². The van der Waals surface area contributed by atoms with E-state index in [2.05, 4.69) is 0 Å². The van der Waals surface area contributed by atoms with Crippen molar-refractivity contribution in [3.63, 3.8) is 0 Å². The van der Waals surface area contributed by atoms with Crippen LogP contribution in [0.2, 0.25) is 0 Å². The maximum atomic E-state index is 11.2. The van der Waals surface area contributed by atoms with Crippen LogP contribution in [0.4, 0.5) is 11.4 Å². The van der Waals surface area contributed by atoms with Crippen molar-refractivity contribution in [2.75, 3.05) is 17.2 Å². The number of nitrogens with two attached hydrogens (primary N) is 1. The summed E-state index contributed by atoms with van der Waals surface area (Å²) in [6.07, 6.45) is 0.528. The molecule has 0 aliphatic carbocycles. The number of β-lactam (4-membered cyclic amide) rings is 1. The van der Waals surface area contributed by atoms with Crippen LogP contribution >= 0.6 is 0 Å². The minimum absolute atomic E-state index is 0.0183. The SMILES string of the molecule is Nc1cc(C(=O)O)ccc1N1CCC1=O. The van der Waals surface area contributed by atoms with Crippen molar-refractivity contribution in [2.24, 2.45) is 0 Å². The Bertz CT molecular complexity index is 442. The van der Waals surface area contributed by atoms with Gasteiger partial charge in [0.25, 0.3) is 0 Å². The number of amides is 1. The summed E-state index contributed by atoms with van der Waals surface area (Å²) in [5, 5.41) is 8.73. The molecule has 0 bridgehead atoms. The Morgan fingerprint density at radius 2 is 2.20 bits per heavy atom. The maximum Gasteiger partial charge on any atom is 0.335 e. The first-order valence-electron chi connectivity index (χ1n) is 4.53. The third-order valence-corrected chi connectivity index (χ3v) is 2.42. The van der Waals surface area contributed by atoms with E-state index < -0.39 is 5.97 Å². The highest BCUT2D eigenvalue weighted by atomic mass is 16.4. The number of anilines is 2. The summed E-state index contributed by atoms with van der Waals surface area (Å²) >= 11 is 0. The largest absolute Gasteiger partial charge is 0.478 e. The summed E-state index contributed by atoms with van der Waals surface area (Å²) in [6, 6.07) is 4.37. The highest BCUT2D eigenvalue weighted by Crippen LogP contribution is 2.28. The second kappa shape index (κ2) is 3.27. The van der Waals surface area contributed by atoms with Gasteiger partial charge >= 0.3 is 5.97 Å². The lowest BCUT2D eigenvalue weighted by atomic mass is 10.1. The monoisotopic (exact) mass is 206 g/mol. The molecule has 0 spiro atoms. The lowest BCUT2D eigenvalue weighted by Crippen LogP contribution is -2.43. The summed E-state index contributed by atoms with van der Waals surface area (Å²) < 4.78 is 0. The molecule has 0 radical (unpaired) electrons. The van der Waals surface area contributed by atoms with E-state index in [9.17, 15) is 9.59 Å². The van der Waals surface area contributed by atoms with Crippen LogP contribution in [-0.4, -0.2) is 23.5 Å². The predicted octanol–water partition coefficient (Wildman–Crippen LogP) is 0.704. The van der Waals surface area contributed by atoms with Gasteiger partial charge in [-0.25, -0.2) is 4.79 Å². The molecule has 0 saturated carbocycles. The normalized spacial score (nSPS) is 14.9. The van der Waals surface area contributed by atoms with Crippen molar-refractivity contribution < 1.29 is 14.7 Å². The van der Waals surface area contributed by atoms with Gasteiger partial charge in [0.15, 0.2) is 0 Å². The molecule has 15 heavy (non-hydrogen) atoms. The Hall–Kier alpha value is -2.04. The highest BCUT2D eigenvalue weighted by molar-refractivity contribution is 6.02. The molecule has 1 aliphatic rings. The summed E-state index contributed by atoms with van der Waals surface area (Å²) in [7, 11) is 0. The molecule has 1 aromatic carbocycles. The molecule has 1 fully saturated rings. The maximum absolute atomic E-state index is 11.2.